The Labute approximate surface area is 225 Å². The lowest BCUT2D eigenvalue weighted by atomic mass is 9.96. The minimum absolute atomic E-state index is 0.0643. The summed E-state index contributed by atoms with van der Waals surface area (Å²) in [4.78, 5) is 22.4. The normalized spacial score (nSPS) is 18.2. The maximum atomic E-state index is 13.0. The van der Waals surface area contributed by atoms with Crippen molar-refractivity contribution in [2.75, 3.05) is 26.2 Å². The van der Waals surface area contributed by atoms with Crippen LogP contribution in [0.15, 0.2) is 62.3 Å². The Hall–Kier alpha value is -1.61. The standard InChI is InChI=1S/C26H26Br3N4O/c1-31-6-4-17(5-7-31)12-23(34)32-8-10-33(11-9-32)26-24-18(13-20(27)15-22(24)29)2-3-19-14-21(28)16-30-25(19)26/h4-7,13-16,26H,2-3,8-12H2,1H3/q+1. The third-order valence-electron chi connectivity index (χ3n) is 6.78. The van der Waals surface area contributed by atoms with E-state index in [1.807, 2.05) is 47.2 Å². The lowest BCUT2D eigenvalue weighted by Crippen LogP contribution is -2.50. The second-order valence-electron chi connectivity index (χ2n) is 9.03. The van der Waals surface area contributed by atoms with E-state index in [0.29, 0.717) is 6.42 Å². The Morgan fingerprint density at radius 2 is 1.68 bits per heavy atom. The number of fused-ring (bicyclic) bond motifs is 2. The van der Waals surface area contributed by atoms with Crippen LogP contribution in [0.2, 0.25) is 0 Å². The number of carbonyl (C=O) groups excluding carboxylic acids is 1. The average Bonchev–Trinajstić information content (AvgIpc) is 2.97. The zero-order valence-electron chi connectivity index (χ0n) is 19.0. The van der Waals surface area contributed by atoms with Gasteiger partial charge in [-0.2, -0.15) is 0 Å². The highest BCUT2D eigenvalue weighted by Gasteiger charge is 2.34. The van der Waals surface area contributed by atoms with Crippen LogP contribution in [0.3, 0.4) is 0 Å². The molecule has 1 aromatic carbocycles. The molecule has 0 N–H and O–H groups in total. The first-order chi connectivity index (χ1) is 16.4. The number of carbonyl (C=O) groups is 1. The highest BCUT2D eigenvalue weighted by molar-refractivity contribution is 9.11. The molecule has 0 radical (unpaired) electrons. The van der Waals surface area contributed by atoms with Crippen molar-refractivity contribution in [3.63, 3.8) is 0 Å². The lowest BCUT2D eigenvalue weighted by Gasteiger charge is -2.40. The first-order valence-corrected chi connectivity index (χ1v) is 13.8. The molecule has 3 aromatic rings. The van der Waals surface area contributed by atoms with Gasteiger partial charge in [0.25, 0.3) is 0 Å². The number of piperazine rings is 1. The van der Waals surface area contributed by atoms with Gasteiger partial charge < -0.3 is 4.90 Å². The predicted octanol–water partition coefficient (Wildman–Crippen LogP) is 4.77. The number of pyridine rings is 2. The number of nitrogens with zero attached hydrogens (tertiary/aromatic N) is 4. The predicted molar refractivity (Wildman–Crippen MR) is 143 cm³/mol. The summed E-state index contributed by atoms with van der Waals surface area (Å²) in [6, 6.07) is 10.7. The second-order valence-corrected chi connectivity index (χ2v) is 11.7. The molecule has 1 unspecified atom stereocenters. The van der Waals surface area contributed by atoms with Crippen LogP contribution in [-0.2, 0) is 31.1 Å². The molecular formula is C26H26Br3N4O+. The molecule has 0 saturated carbocycles. The maximum Gasteiger partial charge on any atom is 0.227 e. The highest BCUT2D eigenvalue weighted by Crippen LogP contribution is 2.41. The summed E-state index contributed by atoms with van der Waals surface area (Å²) in [7, 11) is 1.99. The Bertz CT molecular complexity index is 1220. The molecule has 176 valence electrons. The molecule has 1 fully saturated rings. The molecule has 0 bridgehead atoms. The summed E-state index contributed by atoms with van der Waals surface area (Å²) >= 11 is 11.1. The molecule has 2 aromatic heterocycles. The Morgan fingerprint density at radius 1 is 1.00 bits per heavy atom. The van der Waals surface area contributed by atoms with E-state index in [-0.39, 0.29) is 11.9 Å². The van der Waals surface area contributed by atoms with Crippen LogP contribution >= 0.6 is 47.8 Å². The van der Waals surface area contributed by atoms with Crippen molar-refractivity contribution in [2.24, 2.45) is 7.05 Å². The topological polar surface area (TPSA) is 40.3 Å². The van der Waals surface area contributed by atoms with Gasteiger partial charge in [-0.05, 0) is 69.2 Å². The summed E-state index contributed by atoms with van der Waals surface area (Å²) in [5.41, 5.74) is 6.11. The number of rotatable bonds is 3. The highest BCUT2D eigenvalue weighted by atomic mass is 79.9. The fraction of sp³-hybridized carbons (Fsp3) is 0.346. The second kappa shape index (κ2) is 10.2. The van der Waals surface area contributed by atoms with Gasteiger partial charge in [0.15, 0.2) is 12.4 Å². The van der Waals surface area contributed by atoms with E-state index in [1.165, 1.54) is 16.7 Å². The van der Waals surface area contributed by atoms with Crippen molar-refractivity contribution in [3.8, 4) is 0 Å². The van der Waals surface area contributed by atoms with Gasteiger partial charge in [0, 0.05) is 57.9 Å². The molecule has 0 spiro atoms. The number of hydrogen-bond donors (Lipinski definition) is 0. The van der Waals surface area contributed by atoms with Crippen LogP contribution in [0.4, 0.5) is 0 Å². The van der Waals surface area contributed by atoms with Crippen LogP contribution in [0.1, 0.15) is 34.0 Å². The summed E-state index contributed by atoms with van der Waals surface area (Å²) in [5.74, 6) is 0.197. The number of hydrogen-bond acceptors (Lipinski definition) is 3. The largest absolute Gasteiger partial charge is 0.340 e. The molecule has 2 aliphatic rings. The van der Waals surface area contributed by atoms with E-state index >= 15 is 0 Å². The zero-order chi connectivity index (χ0) is 23.8. The van der Waals surface area contributed by atoms with Crippen LogP contribution in [0.5, 0.6) is 0 Å². The zero-order valence-corrected chi connectivity index (χ0v) is 23.7. The van der Waals surface area contributed by atoms with Crippen LogP contribution < -0.4 is 4.57 Å². The van der Waals surface area contributed by atoms with E-state index in [1.54, 1.807) is 0 Å². The quantitative estimate of drug-likeness (QED) is 0.384. The van der Waals surface area contributed by atoms with E-state index in [2.05, 4.69) is 70.9 Å². The van der Waals surface area contributed by atoms with Crippen molar-refractivity contribution in [3.05, 3.63) is 90.3 Å². The molecule has 1 aliphatic carbocycles. The van der Waals surface area contributed by atoms with Gasteiger partial charge in [0.1, 0.15) is 7.05 Å². The van der Waals surface area contributed by atoms with Crippen molar-refractivity contribution in [2.45, 2.75) is 25.3 Å². The molecule has 3 heterocycles. The molecular weight excluding hydrogens is 624 g/mol. The minimum Gasteiger partial charge on any atom is -0.340 e. The molecule has 1 atom stereocenters. The SMILES string of the molecule is C[n+]1ccc(CC(=O)N2CCN(C3c4ncc(Br)cc4CCc4cc(Br)cc(Br)c43)CC2)cc1. The van der Waals surface area contributed by atoms with E-state index in [0.717, 1.165) is 63.7 Å². The summed E-state index contributed by atoms with van der Waals surface area (Å²) in [5, 5.41) is 0. The molecule has 1 saturated heterocycles. The molecule has 8 heteroatoms. The van der Waals surface area contributed by atoms with E-state index in [4.69, 9.17) is 4.98 Å². The molecule has 34 heavy (non-hydrogen) atoms. The van der Waals surface area contributed by atoms with Gasteiger partial charge in [-0.1, -0.05) is 31.9 Å². The van der Waals surface area contributed by atoms with E-state index < -0.39 is 0 Å². The monoisotopic (exact) mass is 647 g/mol. The Morgan fingerprint density at radius 3 is 2.41 bits per heavy atom. The lowest BCUT2D eigenvalue weighted by molar-refractivity contribution is -0.671. The van der Waals surface area contributed by atoms with Gasteiger partial charge in [0.2, 0.25) is 5.91 Å². The van der Waals surface area contributed by atoms with Crippen molar-refractivity contribution >= 4 is 53.7 Å². The first-order valence-electron chi connectivity index (χ1n) is 11.5. The fourth-order valence-electron chi connectivity index (χ4n) is 5.02. The van der Waals surface area contributed by atoms with Crippen LogP contribution in [0, 0.1) is 0 Å². The van der Waals surface area contributed by atoms with Crippen LogP contribution in [-0.4, -0.2) is 46.9 Å². The fourth-order valence-corrected chi connectivity index (χ4v) is 6.93. The van der Waals surface area contributed by atoms with Crippen molar-refractivity contribution in [1.82, 2.24) is 14.8 Å². The minimum atomic E-state index is 0.0643. The van der Waals surface area contributed by atoms with Gasteiger partial charge in [-0.25, -0.2) is 4.57 Å². The Kier molecular flexibility index (Phi) is 7.21. The number of benzene rings is 1. The summed E-state index contributed by atoms with van der Waals surface area (Å²) < 4.78 is 5.19. The Balaban J connectivity index is 1.40. The number of halogens is 3. The maximum absolute atomic E-state index is 13.0. The number of aromatic nitrogens is 2. The van der Waals surface area contributed by atoms with Crippen molar-refractivity contribution in [1.29, 1.82) is 0 Å². The smallest absolute Gasteiger partial charge is 0.227 e. The van der Waals surface area contributed by atoms with Gasteiger partial charge in [0.05, 0.1) is 18.2 Å². The average molecular weight is 650 g/mol. The van der Waals surface area contributed by atoms with Gasteiger partial charge in [-0.15, -0.1) is 0 Å². The van der Waals surface area contributed by atoms with Gasteiger partial charge in [-0.3, -0.25) is 14.7 Å². The molecule has 5 rings (SSSR count). The number of amides is 1. The van der Waals surface area contributed by atoms with Crippen molar-refractivity contribution < 1.29 is 9.36 Å². The van der Waals surface area contributed by atoms with Gasteiger partial charge >= 0.3 is 0 Å². The molecule has 5 nitrogen and oxygen atoms in total. The summed E-state index contributed by atoms with van der Waals surface area (Å²) in [6.45, 7) is 3.09. The number of aryl methyl sites for hydroxylation is 3. The molecule has 1 aliphatic heterocycles. The third-order valence-corrected chi connectivity index (χ3v) is 8.33. The first kappa shape index (κ1) is 24.1. The third kappa shape index (κ3) is 5.01. The summed E-state index contributed by atoms with van der Waals surface area (Å²) in [6.07, 6.45) is 8.27. The van der Waals surface area contributed by atoms with Crippen LogP contribution in [0.25, 0.3) is 0 Å². The van der Waals surface area contributed by atoms with E-state index in [9.17, 15) is 4.79 Å². The molecule has 1 amide bonds.